The van der Waals surface area contributed by atoms with Gasteiger partial charge in [0.2, 0.25) is 0 Å². The van der Waals surface area contributed by atoms with Gasteiger partial charge in [-0.2, -0.15) is 0 Å². The molecule has 0 aromatic carbocycles. The lowest BCUT2D eigenvalue weighted by Gasteiger charge is -2.34. The lowest BCUT2D eigenvalue weighted by Crippen LogP contribution is -2.27. The first kappa shape index (κ1) is 9.44. The standard InChI is InChI=1S/C13H18O2/c1-13(2)5-3-4-8-6-9-7-10(14)15-12(9)11(8)13/h9,12H,3-7H2,1-2H3/t9-,12+/m1/s1. The number of esters is 1. The number of allylic oxidation sites excluding steroid dienone is 1. The van der Waals surface area contributed by atoms with Gasteiger partial charge >= 0.3 is 5.97 Å². The quantitative estimate of drug-likeness (QED) is 0.450. The van der Waals surface area contributed by atoms with Crippen LogP contribution in [0.4, 0.5) is 0 Å². The van der Waals surface area contributed by atoms with E-state index in [9.17, 15) is 4.79 Å². The molecule has 2 atom stereocenters. The zero-order valence-electron chi connectivity index (χ0n) is 9.51. The Bertz CT molecular complexity index is 352. The number of hydrogen-bond donors (Lipinski definition) is 0. The summed E-state index contributed by atoms with van der Waals surface area (Å²) < 4.78 is 5.49. The van der Waals surface area contributed by atoms with E-state index in [0.29, 0.717) is 12.3 Å². The Morgan fingerprint density at radius 3 is 2.93 bits per heavy atom. The predicted octanol–water partition coefficient (Wildman–Crippen LogP) is 2.83. The first-order valence-corrected chi connectivity index (χ1v) is 6.00. The van der Waals surface area contributed by atoms with Gasteiger partial charge in [-0.05, 0) is 36.7 Å². The van der Waals surface area contributed by atoms with Crippen LogP contribution < -0.4 is 0 Å². The monoisotopic (exact) mass is 206 g/mol. The molecular formula is C13H18O2. The average Bonchev–Trinajstić information content (AvgIpc) is 2.58. The lowest BCUT2D eigenvalue weighted by molar-refractivity contribution is -0.140. The van der Waals surface area contributed by atoms with Crippen molar-refractivity contribution in [2.24, 2.45) is 11.3 Å². The van der Waals surface area contributed by atoms with Gasteiger partial charge in [0.15, 0.2) is 0 Å². The van der Waals surface area contributed by atoms with Gasteiger partial charge in [0.05, 0.1) is 6.42 Å². The zero-order chi connectivity index (χ0) is 10.6. The smallest absolute Gasteiger partial charge is 0.306 e. The Labute approximate surface area is 90.7 Å². The lowest BCUT2D eigenvalue weighted by atomic mass is 9.72. The minimum absolute atomic E-state index is 0.0120. The van der Waals surface area contributed by atoms with Crippen molar-refractivity contribution in [3.05, 3.63) is 11.1 Å². The van der Waals surface area contributed by atoms with Crippen LogP contribution in [0, 0.1) is 11.3 Å². The third kappa shape index (κ3) is 1.27. The van der Waals surface area contributed by atoms with E-state index in [-0.39, 0.29) is 17.5 Å². The Morgan fingerprint density at radius 1 is 1.33 bits per heavy atom. The molecule has 0 N–H and O–H groups in total. The maximum Gasteiger partial charge on any atom is 0.306 e. The van der Waals surface area contributed by atoms with Gasteiger partial charge in [-0.3, -0.25) is 4.79 Å². The number of hydrogen-bond acceptors (Lipinski definition) is 2. The molecule has 82 valence electrons. The summed E-state index contributed by atoms with van der Waals surface area (Å²) in [6.45, 7) is 4.60. The first-order valence-electron chi connectivity index (χ1n) is 6.00. The molecule has 2 aliphatic carbocycles. The average molecular weight is 206 g/mol. The maximum atomic E-state index is 11.3. The fourth-order valence-electron chi connectivity index (χ4n) is 3.69. The van der Waals surface area contributed by atoms with Gasteiger partial charge in [-0.1, -0.05) is 19.4 Å². The summed E-state index contributed by atoms with van der Waals surface area (Å²) in [7, 11) is 0. The van der Waals surface area contributed by atoms with E-state index in [2.05, 4.69) is 13.8 Å². The van der Waals surface area contributed by atoms with Crippen molar-refractivity contribution < 1.29 is 9.53 Å². The Balaban J connectivity index is 1.99. The molecule has 1 aliphatic heterocycles. The normalized spacial score (nSPS) is 37.6. The van der Waals surface area contributed by atoms with E-state index in [4.69, 9.17) is 4.74 Å². The highest BCUT2D eigenvalue weighted by Gasteiger charge is 2.49. The molecule has 0 amide bonds. The molecule has 1 heterocycles. The molecule has 0 spiro atoms. The predicted molar refractivity (Wildman–Crippen MR) is 57.3 cm³/mol. The van der Waals surface area contributed by atoms with Gasteiger partial charge in [0.1, 0.15) is 6.10 Å². The van der Waals surface area contributed by atoms with Crippen molar-refractivity contribution in [1.29, 1.82) is 0 Å². The number of fused-ring (bicyclic) bond motifs is 2. The minimum atomic E-state index is 0.0120. The van der Waals surface area contributed by atoms with E-state index in [1.54, 1.807) is 5.57 Å². The summed E-state index contributed by atoms with van der Waals surface area (Å²) >= 11 is 0. The summed E-state index contributed by atoms with van der Waals surface area (Å²) in [6.07, 6.45) is 5.70. The van der Waals surface area contributed by atoms with Crippen LogP contribution in [0.1, 0.15) is 46.0 Å². The first-order chi connectivity index (χ1) is 7.08. The van der Waals surface area contributed by atoms with Gasteiger partial charge in [0.25, 0.3) is 0 Å². The van der Waals surface area contributed by atoms with E-state index in [1.807, 2.05) is 0 Å². The molecule has 0 aromatic heterocycles. The molecule has 3 aliphatic rings. The molecule has 1 fully saturated rings. The molecule has 2 nitrogen and oxygen atoms in total. The third-order valence-corrected chi connectivity index (χ3v) is 4.30. The zero-order valence-corrected chi connectivity index (χ0v) is 9.51. The van der Waals surface area contributed by atoms with Crippen LogP contribution in [0.25, 0.3) is 0 Å². The minimum Gasteiger partial charge on any atom is -0.457 e. The van der Waals surface area contributed by atoms with Crippen LogP contribution in [0.2, 0.25) is 0 Å². The second-order valence-corrected chi connectivity index (χ2v) is 5.83. The van der Waals surface area contributed by atoms with Crippen LogP contribution in [0.15, 0.2) is 11.1 Å². The highest BCUT2D eigenvalue weighted by atomic mass is 16.6. The fourth-order valence-corrected chi connectivity index (χ4v) is 3.69. The summed E-state index contributed by atoms with van der Waals surface area (Å²) in [4.78, 5) is 11.3. The van der Waals surface area contributed by atoms with Crippen LogP contribution in [-0.2, 0) is 9.53 Å². The summed E-state index contributed by atoms with van der Waals surface area (Å²) in [5.41, 5.74) is 3.34. The summed E-state index contributed by atoms with van der Waals surface area (Å²) in [6, 6.07) is 0. The van der Waals surface area contributed by atoms with Crippen LogP contribution in [0.5, 0.6) is 0 Å². The Hall–Kier alpha value is -0.790. The number of rotatable bonds is 0. The van der Waals surface area contributed by atoms with Crippen LogP contribution in [-0.4, -0.2) is 12.1 Å². The molecule has 0 aromatic rings. The molecule has 0 unspecified atom stereocenters. The van der Waals surface area contributed by atoms with Crippen molar-refractivity contribution in [2.45, 2.75) is 52.1 Å². The number of carbonyl (C=O) groups is 1. The summed E-state index contributed by atoms with van der Waals surface area (Å²) in [5, 5.41) is 0. The van der Waals surface area contributed by atoms with Gasteiger partial charge in [-0.15, -0.1) is 0 Å². The highest BCUT2D eigenvalue weighted by molar-refractivity contribution is 5.73. The van der Waals surface area contributed by atoms with E-state index >= 15 is 0 Å². The van der Waals surface area contributed by atoms with Crippen molar-refractivity contribution in [3.8, 4) is 0 Å². The molecule has 0 bridgehead atoms. The van der Waals surface area contributed by atoms with Gasteiger partial charge in [-0.25, -0.2) is 0 Å². The largest absolute Gasteiger partial charge is 0.457 e. The molecule has 1 saturated heterocycles. The number of carbonyl (C=O) groups excluding carboxylic acids is 1. The Morgan fingerprint density at radius 2 is 2.13 bits per heavy atom. The SMILES string of the molecule is CC1(C)CCCC2=C1[C@H]1OC(=O)C[C@H]1C2. The van der Waals surface area contributed by atoms with Crippen LogP contribution in [0.3, 0.4) is 0 Å². The molecule has 2 heteroatoms. The van der Waals surface area contributed by atoms with Crippen LogP contribution >= 0.6 is 0 Å². The van der Waals surface area contributed by atoms with Crippen molar-refractivity contribution >= 4 is 5.97 Å². The summed E-state index contributed by atoms with van der Waals surface area (Å²) in [5.74, 6) is 0.484. The molecule has 0 radical (unpaired) electrons. The highest BCUT2D eigenvalue weighted by Crippen LogP contribution is 2.53. The second kappa shape index (κ2) is 2.87. The van der Waals surface area contributed by atoms with E-state index in [1.165, 1.54) is 24.8 Å². The Kier molecular flexibility index (Phi) is 1.80. The molecule has 15 heavy (non-hydrogen) atoms. The number of ether oxygens (including phenoxy) is 1. The third-order valence-electron chi connectivity index (χ3n) is 4.30. The van der Waals surface area contributed by atoms with Gasteiger partial charge in [0, 0.05) is 5.92 Å². The molecule has 3 rings (SSSR count). The van der Waals surface area contributed by atoms with Crippen molar-refractivity contribution in [3.63, 3.8) is 0 Å². The topological polar surface area (TPSA) is 26.3 Å². The van der Waals surface area contributed by atoms with Crippen molar-refractivity contribution in [2.75, 3.05) is 0 Å². The van der Waals surface area contributed by atoms with Crippen molar-refractivity contribution in [1.82, 2.24) is 0 Å². The van der Waals surface area contributed by atoms with E-state index < -0.39 is 0 Å². The molecule has 0 saturated carbocycles. The fraction of sp³-hybridized carbons (Fsp3) is 0.769. The second-order valence-electron chi connectivity index (χ2n) is 5.83. The van der Waals surface area contributed by atoms with Gasteiger partial charge < -0.3 is 4.74 Å². The maximum absolute atomic E-state index is 11.3. The van der Waals surface area contributed by atoms with E-state index in [0.717, 1.165) is 6.42 Å². The molecular weight excluding hydrogens is 188 g/mol.